The molecule has 0 aromatic heterocycles. The summed E-state index contributed by atoms with van der Waals surface area (Å²) in [5.74, 6) is -0.607. The maximum atomic E-state index is 12.7. The van der Waals surface area contributed by atoms with E-state index in [-0.39, 0.29) is 24.7 Å². The van der Waals surface area contributed by atoms with Crippen LogP contribution in [-0.4, -0.2) is 49.5 Å². The quantitative estimate of drug-likeness (QED) is 0.0818. The lowest BCUT2D eigenvalue weighted by Gasteiger charge is -2.21. The van der Waals surface area contributed by atoms with Crippen molar-refractivity contribution in [3.05, 3.63) is 24.3 Å². The summed E-state index contributed by atoms with van der Waals surface area (Å²) in [5.41, 5.74) is 5.70. The Morgan fingerprint density at radius 3 is 2.12 bits per heavy atom. The van der Waals surface area contributed by atoms with Gasteiger partial charge in [0.05, 0.1) is 6.61 Å². The van der Waals surface area contributed by atoms with Crippen molar-refractivity contribution in [2.24, 2.45) is 11.7 Å². The summed E-state index contributed by atoms with van der Waals surface area (Å²) in [6.45, 7) is 7.72. The molecule has 0 radical (unpaired) electrons. The lowest BCUT2D eigenvalue weighted by molar-refractivity contribution is -0.129. The minimum absolute atomic E-state index is 0.0345. The first kappa shape index (κ1) is 36.7. The summed E-state index contributed by atoms with van der Waals surface area (Å²) in [4.78, 5) is 48.2. The molecule has 1 atom stereocenters. The van der Waals surface area contributed by atoms with Crippen molar-refractivity contribution in [2.45, 2.75) is 117 Å². The van der Waals surface area contributed by atoms with Crippen molar-refractivity contribution in [3.63, 3.8) is 0 Å². The van der Waals surface area contributed by atoms with Gasteiger partial charge < -0.3 is 31.7 Å². The average Bonchev–Trinajstić information content (AvgIpc) is 2.95. The summed E-state index contributed by atoms with van der Waals surface area (Å²) in [5, 5.41) is 11.4. The zero-order chi connectivity index (χ0) is 31.0. The number of carbonyl (C=O) groups is 4. The fourth-order valence-corrected chi connectivity index (χ4v) is 4.24. The molecule has 238 valence electrons. The van der Waals surface area contributed by atoms with E-state index in [1.165, 1.54) is 51.4 Å². The molecule has 10 heteroatoms. The van der Waals surface area contributed by atoms with Crippen LogP contribution >= 0.6 is 0 Å². The monoisotopic (exact) mass is 589 g/mol. The van der Waals surface area contributed by atoms with Crippen LogP contribution in [0.2, 0.25) is 0 Å². The van der Waals surface area contributed by atoms with Gasteiger partial charge in [-0.1, -0.05) is 84.6 Å². The van der Waals surface area contributed by atoms with Gasteiger partial charge in [-0.25, -0.2) is 0 Å². The fraction of sp³-hybridized carbons (Fsp3) is 0.688. The Labute approximate surface area is 252 Å². The van der Waals surface area contributed by atoms with E-state index in [0.29, 0.717) is 37.4 Å². The minimum atomic E-state index is -1.04. The van der Waals surface area contributed by atoms with Gasteiger partial charge in [0.25, 0.3) is 5.91 Å². The number of hydrogen-bond donors (Lipinski definition) is 5. The molecule has 42 heavy (non-hydrogen) atoms. The number of unbranched alkanes of at least 4 members (excludes halogenated alkanes) is 9. The molecular weight excluding hydrogens is 534 g/mol. The third-order valence-corrected chi connectivity index (χ3v) is 6.66. The highest BCUT2D eigenvalue weighted by Gasteiger charge is 2.21. The second kappa shape index (κ2) is 23.3. The third kappa shape index (κ3) is 19.7. The van der Waals surface area contributed by atoms with E-state index in [9.17, 15) is 19.2 Å². The minimum Gasteiger partial charge on any atom is -0.494 e. The molecule has 0 saturated heterocycles. The van der Waals surface area contributed by atoms with Crippen LogP contribution in [0.4, 0.5) is 5.69 Å². The lowest BCUT2D eigenvalue weighted by Crippen LogP contribution is -2.52. The largest absolute Gasteiger partial charge is 0.494 e. The number of hydrogen-bond acceptors (Lipinski definition) is 6. The molecule has 0 aliphatic carbocycles. The van der Waals surface area contributed by atoms with Gasteiger partial charge in [0.15, 0.2) is 6.17 Å². The number of amides is 4. The zero-order valence-corrected chi connectivity index (χ0v) is 26.1. The molecule has 4 amide bonds. The molecule has 1 unspecified atom stereocenters. The molecule has 0 fully saturated rings. The van der Waals surface area contributed by atoms with Crippen LogP contribution in [0, 0.1) is 5.92 Å². The summed E-state index contributed by atoms with van der Waals surface area (Å²) >= 11 is 0. The second-order valence-electron chi connectivity index (χ2n) is 11.3. The van der Waals surface area contributed by atoms with Crippen molar-refractivity contribution >= 4 is 29.3 Å². The molecule has 0 heterocycles. The topological polar surface area (TPSA) is 152 Å². The first-order valence-electron chi connectivity index (χ1n) is 15.8. The highest BCUT2D eigenvalue weighted by atomic mass is 16.5. The second-order valence-corrected chi connectivity index (χ2v) is 11.3. The molecule has 0 saturated carbocycles. The van der Waals surface area contributed by atoms with Gasteiger partial charge in [-0.15, -0.1) is 0 Å². The standard InChI is InChI=1S/C32H55N5O5/c1-4-5-6-7-8-9-10-11-12-13-21-34-29(39)18-15-22-42-27-17-14-16-26(23-27)36-31(32(41)35-24-25(2)3)37-30(40)20-19-28(33)38/h14,16-17,23,25,31,36H,4-13,15,18-22,24H2,1-3H3,(H2,33,38)(H,34,39)(H,35,41)(H,37,40). The maximum absolute atomic E-state index is 12.7. The first-order valence-corrected chi connectivity index (χ1v) is 15.8. The van der Waals surface area contributed by atoms with Crippen LogP contribution in [0.3, 0.4) is 0 Å². The van der Waals surface area contributed by atoms with Gasteiger partial charge in [0.1, 0.15) is 5.75 Å². The summed E-state index contributed by atoms with van der Waals surface area (Å²) in [7, 11) is 0. The highest BCUT2D eigenvalue weighted by Crippen LogP contribution is 2.18. The van der Waals surface area contributed by atoms with Gasteiger partial charge in [-0.2, -0.15) is 0 Å². The van der Waals surface area contributed by atoms with Gasteiger partial charge >= 0.3 is 0 Å². The summed E-state index contributed by atoms with van der Waals surface area (Å²) in [6, 6.07) is 7.04. The smallest absolute Gasteiger partial charge is 0.263 e. The lowest BCUT2D eigenvalue weighted by atomic mass is 10.1. The van der Waals surface area contributed by atoms with Gasteiger partial charge in [0, 0.05) is 44.1 Å². The van der Waals surface area contributed by atoms with E-state index in [2.05, 4.69) is 28.2 Å². The molecule has 1 aromatic carbocycles. The van der Waals surface area contributed by atoms with Crippen LogP contribution in [0.15, 0.2) is 24.3 Å². The van der Waals surface area contributed by atoms with Gasteiger partial charge in [-0.05, 0) is 30.9 Å². The molecular formula is C32H55N5O5. The number of primary amides is 1. The van der Waals surface area contributed by atoms with Crippen molar-refractivity contribution in [1.82, 2.24) is 16.0 Å². The summed E-state index contributed by atoms with van der Waals surface area (Å²) < 4.78 is 5.82. The Hall–Kier alpha value is -3.30. The van der Waals surface area contributed by atoms with E-state index in [4.69, 9.17) is 10.5 Å². The first-order chi connectivity index (χ1) is 20.2. The fourth-order valence-electron chi connectivity index (χ4n) is 4.24. The highest BCUT2D eigenvalue weighted by molar-refractivity contribution is 5.90. The van der Waals surface area contributed by atoms with Crippen molar-refractivity contribution in [1.29, 1.82) is 0 Å². The molecule has 0 aliphatic rings. The number of anilines is 1. The zero-order valence-electron chi connectivity index (χ0n) is 26.1. The molecule has 0 aliphatic heterocycles. The summed E-state index contributed by atoms with van der Waals surface area (Å²) in [6.07, 6.45) is 12.4. The van der Waals surface area contributed by atoms with Crippen LogP contribution in [0.5, 0.6) is 5.75 Å². The molecule has 10 nitrogen and oxygen atoms in total. The van der Waals surface area contributed by atoms with Crippen LogP contribution < -0.4 is 31.7 Å². The predicted molar refractivity (Wildman–Crippen MR) is 168 cm³/mol. The van der Waals surface area contributed by atoms with Gasteiger partial charge in [-0.3, -0.25) is 19.2 Å². The van der Waals surface area contributed by atoms with E-state index in [1.54, 1.807) is 24.3 Å². The Kier molecular flexibility index (Phi) is 20.4. The van der Waals surface area contributed by atoms with Crippen LogP contribution in [0.1, 0.15) is 111 Å². The maximum Gasteiger partial charge on any atom is 0.263 e. The molecule has 0 bridgehead atoms. The van der Waals surface area contributed by atoms with Crippen LogP contribution in [-0.2, 0) is 19.2 Å². The van der Waals surface area contributed by atoms with E-state index < -0.39 is 23.9 Å². The Balaban J connectivity index is 2.36. The van der Waals surface area contributed by atoms with Gasteiger partial charge in [0.2, 0.25) is 17.7 Å². The number of benzene rings is 1. The van der Waals surface area contributed by atoms with Crippen molar-refractivity contribution < 1.29 is 23.9 Å². The average molecular weight is 590 g/mol. The molecule has 0 spiro atoms. The normalized spacial score (nSPS) is 11.5. The predicted octanol–water partition coefficient (Wildman–Crippen LogP) is 4.77. The number of rotatable bonds is 25. The van der Waals surface area contributed by atoms with Crippen LogP contribution in [0.25, 0.3) is 0 Å². The number of ether oxygens (including phenoxy) is 1. The molecule has 1 rings (SSSR count). The third-order valence-electron chi connectivity index (χ3n) is 6.66. The Morgan fingerprint density at radius 2 is 1.48 bits per heavy atom. The van der Waals surface area contributed by atoms with E-state index in [1.807, 2.05) is 13.8 Å². The molecule has 6 N–H and O–H groups in total. The Bertz CT molecular complexity index is 924. The number of nitrogens with two attached hydrogens (primary N) is 1. The molecule has 1 aromatic rings. The van der Waals surface area contributed by atoms with E-state index in [0.717, 1.165) is 19.4 Å². The van der Waals surface area contributed by atoms with Crippen molar-refractivity contribution in [3.8, 4) is 5.75 Å². The van der Waals surface area contributed by atoms with Crippen molar-refractivity contribution in [2.75, 3.05) is 25.0 Å². The van der Waals surface area contributed by atoms with E-state index >= 15 is 0 Å². The number of nitrogens with one attached hydrogen (secondary N) is 4. The SMILES string of the molecule is CCCCCCCCCCCCNC(=O)CCCOc1cccc(NC(NC(=O)CCC(N)=O)C(=O)NCC(C)C)c1. The Morgan fingerprint density at radius 1 is 0.810 bits per heavy atom. The number of carbonyl (C=O) groups excluding carboxylic acids is 4.